The summed E-state index contributed by atoms with van der Waals surface area (Å²) < 4.78 is 0.861. The van der Waals surface area contributed by atoms with E-state index in [0.29, 0.717) is 0 Å². The van der Waals surface area contributed by atoms with Crippen LogP contribution >= 0.6 is 11.8 Å². The summed E-state index contributed by atoms with van der Waals surface area (Å²) in [5, 5.41) is 19.0. The van der Waals surface area contributed by atoms with Gasteiger partial charge in [-0.15, -0.1) is 0 Å². The first-order chi connectivity index (χ1) is 14.5. The number of anilines is 2. The fourth-order valence-electron chi connectivity index (χ4n) is 3.24. The number of hydrogen-bond donors (Lipinski definition) is 1. The third-order valence-electron chi connectivity index (χ3n) is 5.74. The lowest BCUT2D eigenvalue weighted by molar-refractivity contribution is -0.918. The van der Waals surface area contributed by atoms with Crippen molar-refractivity contribution in [2.75, 3.05) is 26.0 Å². The molecule has 0 aromatic heterocycles. The second-order valence-electron chi connectivity index (χ2n) is 8.68. The fraction of sp³-hybridized carbons (Fsp3) is 0.240. The minimum absolute atomic E-state index is 0.0484. The normalized spacial score (nSPS) is 12.9. The molecule has 6 heteroatoms. The molecule has 3 aromatic carbocycles. The van der Waals surface area contributed by atoms with Crippen molar-refractivity contribution in [3.8, 4) is 5.75 Å². The topological polar surface area (TPSA) is 63.6 Å². The number of fused-ring (bicyclic) bond motifs is 2. The van der Waals surface area contributed by atoms with Crippen LogP contribution in [-0.4, -0.2) is 42.4 Å². The molecule has 4 rings (SSSR count). The van der Waals surface area contributed by atoms with Crippen LogP contribution in [0.4, 0.5) is 11.4 Å². The summed E-state index contributed by atoms with van der Waals surface area (Å²) in [7, 11) is 6.77. The van der Waals surface area contributed by atoms with E-state index in [4.69, 9.17) is 5.11 Å². The molecule has 5 nitrogen and oxygen atoms in total. The molecule has 1 aliphatic heterocycles. The van der Waals surface area contributed by atoms with Crippen molar-refractivity contribution in [1.82, 2.24) is 0 Å². The highest BCUT2D eigenvalue weighted by molar-refractivity contribution is 7.99. The first-order valence-corrected chi connectivity index (χ1v) is 10.8. The van der Waals surface area contributed by atoms with Crippen LogP contribution in [0.1, 0.15) is 24.2 Å². The molecule has 0 bridgehead atoms. The smallest absolute Gasteiger partial charge is 0.335 e. The van der Waals surface area contributed by atoms with Crippen molar-refractivity contribution in [3.63, 3.8) is 0 Å². The molecule has 0 saturated carbocycles. The maximum atomic E-state index is 10.7. The third-order valence-corrected chi connectivity index (χ3v) is 6.87. The van der Waals surface area contributed by atoms with E-state index in [1.807, 2.05) is 11.8 Å². The van der Waals surface area contributed by atoms with Gasteiger partial charge in [0.2, 0.25) is 0 Å². The maximum Gasteiger partial charge on any atom is 0.335 e. The van der Waals surface area contributed by atoms with E-state index in [0.717, 1.165) is 4.48 Å². The number of carboxylic acid groups (broad SMARTS) is 1. The van der Waals surface area contributed by atoms with Crippen LogP contribution in [0.5, 0.6) is 5.75 Å². The number of carbonyl (C=O) groups is 1. The van der Waals surface area contributed by atoms with Crippen molar-refractivity contribution in [2.45, 2.75) is 29.3 Å². The van der Waals surface area contributed by atoms with Crippen molar-refractivity contribution >= 4 is 29.1 Å². The molecule has 0 spiro atoms. The lowest BCUT2D eigenvalue weighted by atomic mass is 10.1. The van der Waals surface area contributed by atoms with Crippen molar-refractivity contribution in [1.29, 1.82) is 0 Å². The van der Waals surface area contributed by atoms with Crippen LogP contribution in [0.15, 0.2) is 82.6 Å². The van der Waals surface area contributed by atoms with Gasteiger partial charge in [0, 0.05) is 23.6 Å². The van der Waals surface area contributed by atoms with Crippen LogP contribution < -0.4 is 10.0 Å². The Bertz CT molecular complexity index is 1040. The number of carboxylic acids is 1. The molecule has 31 heavy (non-hydrogen) atoms. The number of hydrogen-bond acceptors (Lipinski definition) is 4. The van der Waals surface area contributed by atoms with Gasteiger partial charge in [-0.2, -0.15) is 0 Å². The van der Waals surface area contributed by atoms with E-state index in [9.17, 15) is 9.90 Å². The molecule has 1 N–H and O–H groups in total. The molecule has 0 amide bonds. The monoisotopic (exact) mass is 436 g/mol. The molecule has 1 heterocycles. The van der Waals surface area contributed by atoms with Gasteiger partial charge in [-0.25, -0.2) is 4.79 Å². The Kier molecular flexibility index (Phi) is 6.34. The quantitative estimate of drug-likeness (QED) is 0.573. The molecule has 162 valence electrons. The molecule has 1 aliphatic rings. The molecule has 0 radical (unpaired) electrons. The summed E-state index contributed by atoms with van der Waals surface area (Å²) in [6.45, 7) is 4.63. The Hall–Kier alpha value is -2.96. The van der Waals surface area contributed by atoms with Gasteiger partial charge in [0.05, 0.1) is 38.1 Å². The number of nitrogens with zero attached hydrogens (tertiary/aromatic N) is 2. The van der Waals surface area contributed by atoms with E-state index in [1.54, 1.807) is 0 Å². The zero-order valence-electron chi connectivity index (χ0n) is 18.5. The number of quaternary nitrogens is 1. The Labute approximate surface area is 188 Å². The zero-order chi connectivity index (χ0) is 22.8. The zero-order valence-corrected chi connectivity index (χ0v) is 19.3. The lowest BCUT2D eigenvalue weighted by Gasteiger charge is -2.51. The number of benzene rings is 3. The molecule has 0 fully saturated rings. The summed E-state index contributed by atoms with van der Waals surface area (Å²) in [4.78, 5) is 15.4. The van der Waals surface area contributed by atoms with Gasteiger partial charge < -0.3 is 14.7 Å². The molecule has 0 saturated heterocycles. The minimum atomic E-state index is -1.18. The van der Waals surface area contributed by atoms with Gasteiger partial charge >= 0.3 is 5.97 Å². The van der Waals surface area contributed by atoms with Gasteiger partial charge in [0.15, 0.2) is 5.66 Å². The molecule has 0 atom stereocenters. The molecular weight excluding hydrogens is 408 g/mol. The van der Waals surface area contributed by atoms with Gasteiger partial charge in [-0.05, 0) is 30.3 Å². The number of aromatic carboxylic acids is 1. The van der Waals surface area contributed by atoms with Crippen LogP contribution in [0.2, 0.25) is 0 Å². The van der Waals surface area contributed by atoms with E-state index in [1.165, 1.54) is 45.4 Å². The lowest BCUT2D eigenvalue weighted by Crippen LogP contribution is -2.62. The highest BCUT2D eigenvalue weighted by Crippen LogP contribution is 2.51. The second-order valence-corrected chi connectivity index (χ2v) is 9.76. The Morgan fingerprint density at radius 2 is 1.32 bits per heavy atom. The first-order valence-electron chi connectivity index (χ1n) is 10.0. The highest BCUT2D eigenvalue weighted by Gasteiger charge is 2.43. The van der Waals surface area contributed by atoms with Crippen LogP contribution in [-0.2, 0) is 0 Å². The van der Waals surface area contributed by atoms with Crippen LogP contribution in [0, 0.1) is 0 Å². The van der Waals surface area contributed by atoms with E-state index >= 15 is 0 Å². The molecule has 0 unspecified atom stereocenters. The van der Waals surface area contributed by atoms with E-state index < -0.39 is 11.7 Å². The second kappa shape index (κ2) is 8.65. The van der Waals surface area contributed by atoms with Crippen molar-refractivity contribution in [2.24, 2.45) is 0 Å². The van der Waals surface area contributed by atoms with E-state index in [2.05, 4.69) is 88.4 Å². The largest absolute Gasteiger partial charge is 0.872 e. The van der Waals surface area contributed by atoms with Crippen molar-refractivity contribution < 1.29 is 19.5 Å². The van der Waals surface area contributed by atoms with Gasteiger partial charge in [0.25, 0.3) is 0 Å². The van der Waals surface area contributed by atoms with Gasteiger partial charge in [0.1, 0.15) is 0 Å². The number of para-hydroxylation sites is 3. The highest BCUT2D eigenvalue weighted by atomic mass is 32.2. The Morgan fingerprint density at radius 1 is 0.871 bits per heavy atom. The van der Waals surface area contributed by atoms with Crippen LogP contribution in [0.3, 0.4) is 0 Å². The summed E-state index contributed by atoms with van der Waals surface area (Å²) in [6, 6.07) is 22.9. The minimum Gasteiger partial charge on any atom is -0.872 e. The fourth-order valence-corrected chi connectivity index (χ4v) is 4.30. The Morgan fingerprint density at radius 3 is 1.74 bits per heavy atom. The summed E-state index contributed by atoms with van der Waals surface area (Å²) in [6.07, 6.45) is 0. The number of rotatable bonds is 3. The third kappa shape index (κ3) is 4.55. The predicted octanol–water partition coefficient (Wildman–Crippen LogP) is 5.19. The maximum absolute atomic E-state index is 10.7. The van der Waals surface area contributed by atoms with Gasteiger partial charge in [-0.1, -0.05) is 60.0 Å². The predicted molar refractivity (Wildman–Crippen MR) is 124 cm³/mol. The summed E-state index contributed by atoms with van der Waals surface area (Å²) >= 11 is 1.86. The summed E-state index contributed by atoms with van der Waals surface area (Å²) in [5.74, 6) is -1.62. The average molecular weight is 437 g/mol. The first kappa shape index (κ1) is 22.7. The SMILES string of the molecule is CC(C)(N1c2ccccc2Sc2ccccc21)[N+](C)(C)C.O=C(O)c1ccccc1[O-]. The summed E-state index contributed by atoms with van der Waals surface area (Å²) in [5.41, 5.74) is 2.38. The average Bonchev–Trinajstić information content (AvgIpc) is 2.71. The van der Waals surface area contributed by atoms with E-state index in [-0.39, 0.29) is 11.2 Å². The molecular formula is C25H28N2O3S. The van der Waals surface area contributed by atoms with Crippen LogP contribution in [0.25, 0.3) is 0 Å². The standard InChI is InChI=1S/C18H23N2S.C7H6O3/c1-18(2,20(3,4)5)19-14-10-6-8-12-16(14)21-17-13-9-7-11-15(17)19;8-6-4-2-1-3-5(6)7(9)10/h6-13H,1-5H3;1-4,8H,(H,9,10)/q+1;/p-1. The molecule has 3 aromatic rings. The molecule has 0 aliphatic carbocycles. The Balaban J connectivity index is 0.000000229. The van der Waals surface area contributed by atoms with Gasteiger partial charge in [-0.3, -0.25) is 4.90 Å². The van der Waals surface area contributed by atoms with Crippen molar-refractivity contribution in [3.05, 3.63) is 78.4 Å².